The minimum atomic E-state index is -0.120. The lowest BCUT2D eigenvalue weighted by atomic mass is 9.80. The second-order valence-corrected chi connectivity index (χ2v) is 10.3. The summed E-state index contributed by atoms with van der Waals surface area (Å²) >= 11 is 0. The molecule has 2 heterocycles. The first-order valence-electron chi connectivity index (χ1n) is 12.4. The van der Waals surface area contributed by atoms with Crippen molar-refractivity contribution in [2.45, 2.75) is 19.3 Å². The smallest absolute Gasteiger partial charge is 0.235 e. The van der Waals surface area contributed by atoms with Crippen LogP contribution in [0.1, 0.15) is 25.0 Å². The van der Waals surface area contributed by atoms with E-state index >= 15 is 0 Å². The van der Waals surface area contributed by atoms with Crippen LogP contribution in [0.3, 0.4) is 0 Å². The number of aromatic nitrogens is 3. The standard InChI is InChI=1S/C33H23N3/c1-33(2)27-18-30-26(17-25(27)24-16-15-20-9-3-5-11-22(20)31(24)33)23-12-6-8-14-29(23)36(30)32-34-19-21-10-4-7-13-28(21)35-32/h3-19H,1-2H3. The Kier molecular flexibility index (Phi) is 3.73. The maximum absolute atomic E-state index is 4.98. The van der Waals surface area contributed by atoms with Crippen LogP contribution in [0.5, 0.6) is 0 Å². The third kappa shape index (κ3) is 2.47. The van der Waals surface area contributed by atoms with Crippen molar-refractivity contribution in [1.29, 1.82) is 0 Å². The number of rotatable bonds is 1. The van der Waals surface area contributed by atoms with Gasteiger partial charge in [-0.15, -0.1) is 0 Å². The zero-order valence-corrected chi connectivity index (χ0v) is 20.2. The second kappa shape index (κ2) is 6.79. The number of fused-ring (bicyclic) bond motifs is 9. The van der Waals surface area contributed by atoms with Crippen molar-refractivity contribution in [3.05, 3.63) is 114 Å². The summed E-state index contributed by atoms with van der Waals surface area (Å²) in [5, 5.41) is 6.14. The Bertz CT molecular complexity index is 2030. The molecule has 0 saturated carbocycles. The van der Waals surface area contributed by atoms with Crippen LogP contribution in [0.25, 0.3) is 60.6 Å². The zero-order chi connectivity index (χ0) is 24.0. The van der Waals surface area contributed by atoms with E-state index in [1.165, 1.54) is 43.8 Å². The lowest BCUT2D eigenvalue weighted by Gasteiger charge is -2.23. The molecule has 0 saturated heterocycles. The average Bonchev–Trinajstić information content (AvgIpc) is 3.36. The predicted molar refractivity (Wildman–Crippen MR) is 149 cm³/mol. The van der Waals surface area contributed by atoms with Gasteiger partial charge in [0.25, 0.3) is 0 Å². The van der Waals surface area contributed by atoms with Crippen LogP contribution in [-0.2, 0) is 5.41 Å². The normalized spacial score (nSPS) is 14.1. The molecular formula is C33H23N3. The summed E-state index contributed by atoms with van der Waals surface area (Å²) in [5.41, 5.74) is 8.55. The van der Waals surface area contributed by atoms with Crippen LogP contribution < -0.4 is 0 Å². The summed E-state index contributed by atoms with van der Waals surface area (Å²) in [6.45, 7) is 4.71. The maximum Gasteiger partial charge on any atom is 0.235 e. The van der Waals surface area contributed by atoms with E-state index in [4.69, 9.17) is 9.97 Å². The molecule has 1 aliphatic rings. The molecule has 0 radical (unpaired) electrons. The highest BCUT2D eigenvalue weighted by Gasteiger charge is 2.37. The number of hydrogen-bond donors (Lipinski definition) is 0. The molecule has 8 rings (SSSR count). The molecule has 0 fully saturated rings. The monoisotopic (exact) mass is 461 g/mol. The molecule has 3 nitrogen and oxygen atoms in total. The Labute approximate surface area is 208 Å². The highest BCUT2D eigenvalue weighted by Crippen LogP contribution is 2.53. The van der Waals surface area contributed by atoms with Gasteiger partial charge in [-0.1, -0.05) is 86.6 Å². The van der Waals surface area contributed by atoms with Gasteiger partial charge in [-0.2, -0.15) is 0 Å². The van der Waals surface area contributed by atoms with Gasteiger partial charge in [0.05, 0.1) is 16.6 Å². The first-order valence-corrected chi connectivity index (χ1v) is 12.4. The molecule has 0 aliphatic heterocycles. The summed E-state index contributed by atoms with van der Waals surface area (Å²) in [5.74, 6) is 0.707. The topological polar surface area (TPSA) is 30.7 Å². The van der Waals surface area contributed by atoms with Crippen molar-refractivity contribution in [2.24, 2.45) is 0 Å². The molecule has 2 aromatic heterocycles. The first-order chi connectivity index (χ1) is 17.6. The van der Waals surface area contributed by atoms with E-state index in [0.717, 1.165) is 21.9 Å². The van der Waals surface area contributed by atoms with Gasteiger partial charge in [-0.25, -0.2) is 9.97 Å². The van der Waals surface area contributed by atoms with Crippen LogP contribution in [0.4, 0.5) is 0 Å². The third-order valence-electron chi connectivity index (χ3n) is 8.01. The lowest BCUT2D eigenvalue weighted by molar-refractivity contribution is 0.667. The summed E-state index contributed by atoms with van der Waals surface area (Å²) in [6, 6.07) is 34.9. The maximum atomic E-state index is 4.98. The molecule has 0 amide bonds. The number of nitrogens with zero attached hydrogens (tertiary/aromatic N) is 3. The summed E-state index contributed by atoms with van der Waals surface area (Å²) < 4.78 is 2.23. The van der Waals surface area contributed by atoms with Crippen LogP contribution in [-0.4, -0.2) is 14.5 Å². The van der Waals surface area contributed by atoms with Crippen LogP contribution in [0, 0.1) is 0 Å². The third-order valence-corrected chi connectivity index (χ3v) is 8.01. The summed E-state index contributed by atoms with van der Waals surface area (Å²) in [4.78, 5) is 9.79. The van der Waals surface area contributed by atoms with E-state index in [2.05, 4.69) is 103 Å². The Morgan fingerprint density at radius 1 is 0.639 bits per heavy atom. The molecule has 5 aromatic carbocycles. The molecule has 170 valence electrons. The molecule has 3 heteroatoms. The van der Waals surface area contributed by atoms with Crippen LogP contribution in [0.15, 0.2) is 103 Å². The van der Waals surface area contributed by atoms with Crippen LogP contribution in [0.2, 0.25) is 0 Å². The number of benzene rings is 5. The van der Waals surface area contributed by atoms with Crippen molar-refractivity contribution < 1.29 is 0 Å². The van der Waals surface area contributed by atoms with Gasteiger partial charge in [0, 0.05) is 27.8 Å². The molecule has 0 bridgehead atoms. The predicted octanol–water partition coefficient (Wildman–Crippen LogP) is 8.19. The fraction of sp³-hybridized carbons (Fsp3) is 0.0909. The van der Waals surface area contributed by atoms with E-state index in [-0.39, 0.29) is 5.41 Å². The zero-order valence-electron chi connectivity index (χ0n) is 20.2. The SMILES string of the molecule is CC1(C)c2cc3c(cc2-c2ccc4ccccc4c21)c1ccccc1n3-c1ncc2ccccc2n1. The van der Waals surface area contributed by atoms with Crippen molar-refractivity contribution in [3.8, 4) is 17.1 Å². The fourth-order valence-corrected chi connectivity index (χ4v) is 6.34. The Hall–Kier alpha value is -4.50. The number of hydrogen-bond acceptors (Lipinski definition) is 2. The molecule has 0 unspecified atom stereocenters. The summed E-state index contributed by atoms with van der Waals surface area (Å²) in [6.07, 6.45) is 1.93. The minimum absolute atomic E-state index is 0.120. The quantitative estimate of drug-likeness (QED) is 0.247. The lowest BCUT2D eigenvalue weighted by Crippen LogP contribution is -2.15. The molecular weight excluding hydrogens is 438 g/mol. The molecule has 1 aliphatic carbocycles. The highest BCUT2D eigenvalue weighted by molar-refractivity contribution is 6.12. The molecule has 0 N–H and O–H groups in total. The van der Waals surface area contributed by atoms with Crippen molar-refractivity contribution >= 4 is 43.5 Å². The highest BCUT2D eigenvalue weighted by atomic mass is 15.2. The largest absolute Gasteiger partial charge is 0.278 e. The van der Waals surface area contributed by atoms with Gasteiger partial charge in [0.2, 0.25) is 5.95 Å². The summed E-state index contributed by atoms with van der Waals surface area (Å²) in [7, 11) is 0. The van der Waals surface area contributed by atoms with Crippen molar-refractivity contribution in [1.82, 2.24) is 14.5 Å². The Balaban J connectivity index is 1.49. The first kappa shape index (κ1) is 19.8. The molecule has 7 aromatic rings. The van der Waals surface area contributed by atoms with Crippen molar-refractivity contribution in [2.75, 3.05) is 0 Å². The molecule has 36 heavy (non-hydrogen) atoms. The van der Waals surface area contributed by atoms with Gasteiger partial charge >= 0.3 is 0 Å². The van der Waals surface area contributed by atoms with Gasteiger partial charge < -0.3 is 0 Å². The van der Waals surface area contributed by atoms with Gasteiger partial charge in [-0.05, 0) is 57.3 Å². The van der Waals surface area contributed by atoms with E-state index in [0.29, 0.717) is 5.95 Å². The van der Waals surface area contributed by atoms with Crippen molar-refractivity contribution in [3.63, 3.8) is 0 Å². The van der Waals surface area contributed by atoms with Crippen LogP contribution >= 0.6 is 0 Å². The Morgan fingerprint density at radius 3 is 2.28 bits per heavy atom. The van der Waals surface area contributed by atoms with E-state index in [9.17, 15) is 0 Å². The van der Waals surface area contributed by atoms with E-state index < -0.39 is 0 Å². The second-order valence-electron chi connectivity index (χ2n) is 10.3. The fourth-order valence-electron chi connectivity index (χ4n) is 6.34. The van der Waals surface area contributed by atoms with Gasteiger partial charge in [0.1, 0.15) is 0 Å². The van der Waals surface area contributed by atoms with E-state index in [1.54, 1.807) is 0 Å². The number of para-hydroxylation sites is 2. The minimum Gasteiger partial charge on any atom is -0.278 e. The van der Waals surface area contributed by atoms with Gasteiger partial charge in [0.15, 0.2) is 0 Å². The van der Waals surface area contributed by atoms with Gasteiger partial charge in [-0.3, -0.25) is 4.57 Å². The Morgan fingerprint density at radius 2 is 1.39 bits per heavy atom. The molecule has 0 spiro atoms. The molecule has 0 atom stereocenters. The van der Waals surface area contributed by atoms with E-state index in [1.807, 2.05) is 18.3 Å². The average molecular weight is 462 g/mol.